The Morgan fingerprint density at radius 2 is 1.54 bits per heavy atom. The number of methoxy groups -OCH3 is 1. The van der Waals surface area contributed by atoms with Gasteiger partial charge in [0.05, 0.1) is 7.11 Å². The second-order valence-corrected chi connectivity index (χ2v) is 11.0. The number of carbonyl (C=O) groups excluding carboxylic acids is 1. The molecule has 0 aliphatic carbocycles. The largest absolute Gasteiger partial charge is 0.453 e. The first kappa shape index (κ1) is 27.2. The zero-order chi connectivity index (χ0) is 25.9. The number of ether oxygens (including phenoxy) is 1. The lowest BCUT2D eigenvalue weighted by Gasteiger charge is -2.38. The number of benzene rings is 3. The summed E-state index contributed by atoms with van der Waals surface area (Å²) in [6.07, 6.45) is 2.83. The van der Waals surface area contributed by atoms with E-state index < -0.39 is 0 Å². The zero-order valence-corrected chi connectivity index (χ0v) is 22.9. The van der Waals surface area contributed by atoms with E-state index in [-0.39, 0.29) is 12.1 Å². The summed E-state index contributed by atoms with van der Waals surface area (Å²) in [5.74, 6) is 0.463. The minimum absolute atomic E-state index is 0.210. The molecule has 0 N–H and O–H groups in total. The van der Waals surface area contributed by atoms with Crippen LogP contribution in [-0.2, 0) is 11.3 Å². The van der Waals surface area contributed by atoms with Gasteiger partial charge in [-0.1, -0.05) is 78.9 Å². The van der Waals surface area contributed by atoms with E-state index in [1.54, 1.807) is 0 Å². The van der Waals surface area contributed by atoms with Crippen molar-refractivity contribution in [2.75, 3.05) is 40.3 Å². The summed E-state index contributed by atoms with van der Waals surface area (Å²) in [5.41, 5.74) is 2.54. The average Bonchev–Trinajstić information content (AvgIpc) is 2.95. The number of hydrogen-bond donors (Lipinski definition) is 0. The smallest absolute Gasteiger partial charge is 0.410 e. The molecule has 1 unspecified atom stereocenters. The Kier molecular flexibility index (Phi) is 10.5. The predicted octanol–water partition coefficient (Wildman–Crippen LogP) is 6.53. The Morgan fingerprint density at radius 1 is 0.946 bits per heavy atom. The standard InChI is InChI=1S/C31H39N3O2S/c1-32(37-30-16-10-5-11-17-30)25-28(27-14-8-4-9-15-27)18-21-33-22-19-29(20-23-33)34(31(35)36-2)24-26-12-6-3-7-13-26/h3-17,28-29H,18-25H2,1-2H3. The van der Waals surface area contributed by atoms with Crippen LogP contribution in [0.2, 0.25) is 0 Å². The van der Waals surface area contributed by atoms with Gasteiger partial charge in [0.25, 0.3) is 0 Å². The van der Waals surface area contributed by atoms with Gasteiger partial charge in [0.15, 0.2) is 0 Å². The van der Waals surface area contributed by atoms with Crippen LogP contribution >= 0.6 is 11.9 Å². The predicted molar refractivity (Wildman–Crippen MR) is 153 cm³/mol. The van der Waals surface area contributed by atoms with Crippen LogP contribution < -0.4 is 0 Å². The molecule has 0 spiro atoms. The number of hydrogen-bond acceptors (Lipinski definition) is 5. The summed E-state index contributed by atoms with van der Waals surface area (Å²) >= 11 is 1.81. The van der Waals surface area contributed by atoms with Crippen molar-refractivity contribution in [2.24, 2.45) is 0 Å². The summed E-state index contributed by atoms with van der Waals surface area (Å²) in [5, 5.41) is 0. The fourth-order valence-corrected chi connectivity index (χ4v) is 6.02. The van der Waals surface area contributed by atoms with Crippen molar-refractivity contribution >= 4 is 18.0 Å². The second-order valence-electron chi connectivity index (χ2n) is 9.77. The second kappa shape index (κ2) is 14.2. The lowest BCUT2D eigenvalue weighted by Crippen LogP contribution is -2.47. The molecule has 1 aliphatic heterocycles. The number of likely N-dealkylation sites (tertiary alicyclic amines) is 1. The van der Waals surface area contributed by atoms with Crippen LogP contribution in [0.4, 0.5) is 4.79 Å². The fraction of sp³-hybridized carbons (Fsp3) is 0.387. The molecule has 4 rings (SSSR count). The van der Waals surface area contributed by atoms with E-state index in [1.807, 2.05) is 35.0 Å². The van der Waals surface area contributed by atoms with Crippen LogP contribution in [0.25, 0.3) is 0 Å². The molecule has 196 valence electrons. The van der Waals surface area contributed by atoms with Crippen LogP contribution in [0.3, 0.4) is 0 Å². The van der Waals surface area contributed by atoms with Gasteiger partial charge in [-0.15, -0.1) is 0 Å². The number of amides is 1. The number of carbonyl (C=O) groups is 1. The maximum atomic E-state index is 12.6. The normalized spacial score (nSPS) is 15.4. The van der Waals surface area contributed by atoms with Crippen molar-refractivity contribution in [1.29, 1.82) is 0 Å². The van der Waals surface area contributed by atoms with Crippen LogP contribution in [0.1, 0.15) is 36.3 Å². The highest BCUT2D eigenvalue weighted by atomic mass is 32.2. The maximum absolute atomic E-state index is 12.6. The molecule has 1 heterocycles. The van der Waals surface area contributed by atoms with Crippen molar-refractivity contribution in [3.05, 3.63) is 102 Å². The third-order valence-electron chi connectivity index (χ3n) is 7.15. The van der Waals surface area contributed by atoms with Gasteiger partial charge in [-0.25, -0.2) is 9.10 Å². The van der Waals surface area contributed by atoms with Crippen molar-refractivity contribution < 1.29 is 9.53 Å². The highest BCUT2D eigenvalue weighted by Gasteiger charge is 2.29. The quantitative estimate of drug-likeness (QED) is 0.270. The van der Waals surface area contributed by atoms with Crippen LogP contribution in [0.5, 0.6) is 0 Å². The first-order valence-electron chi connectivity index (χ1n) is 13.2. The SMILES string of the molecule is COC(=O)N(Cc1ccccc1)C1CCN(CCC(CN(C)Sc2ccccc2)c2ccccc2)CC1. The Balaban J connectivity index is 1.32. The molecule has 1 aliphatic rings. The van der Waals surface area contributed by atoms with Gasteiger partial charge >= 0.3 is 6.09 Å². The molecule has 3 aromatic rings. The summed E-state index contributed by atoms with van der Waals surface area (Å²) < 4.78 is 7.50. The molecule has 0 radical (unpaired) electrons. The molecule has 5 nitrogen and oxygen atoms in total. The first-order valence-corrected chi connectivity index (χ1v) is 14.0. The molecule has 0 aromatic heterocycles. The van der Waals surface area contributed by atoms with Crippen molar-refractivity contribution in [1.82, 2.24) is 14.1 Å². The monoisotopic (exact) mass is 517 g/mol. The number of piperidine rings is 1. The topological polar surface area (TPSA) is 36.0 Å². The van der Waals surface area contributed by atoms with Gasteiger partial charge in [0, 0.05) is 37.1 Å². The van der Waals surface area contributed by atoms with Gasteiger partial charge in [-0.05, 0) is 74.0 Å². The highest BCUT2D eigenvalue weighted by molar-refractivity contribution is 7.97. The molecule has 1 atom stereocenters. The van der Waals surface area contributed by atoms with E-state index in [0.29, 0.717) is 12.5 Å². The van der Waals surface area contributed by atoms with Crippen molar-refractivity contribution in [2.45, 2.75) is 42.7 Å². The molecule has 0 bridgehead atoms. The molecular formula is C31H39N3O2S. The Labute approximate surface area is 226 Å². The number of rotatable bonds is 11. The van der Waals surface area contributed by atoms with Crippen LogP contribution in [0, 0.1) is 0 Å². The van der Waals surface area contributed by atoms with E-state index in [0.717, 1.165) is 51.0 Å². The molecule has 0 saturated carbocycles. The first-order chi connectivity index (χ1) is 18.1. The van der Waals surface area contributed by atoms with Gasteiger partial charge in [0.1, 0.15) is 0 Å². The van der Waals surface area contributed by atoms with E-state index in [4.69, 9.17) is 4.74 Å². The Hall–Kier alpha value is -2.80. The summed E-state index contributed by atoms with van der Waals surface area (Å²) in [6.45, 7) is 4.66. The van der Waals surface area contributed by atoms with E-state index in [9.17, 15) is 4.79 Å². The van der Waals surface area contributed by atoms with Gasteiger partial charge < -0.3 is 14.5 Å². The van der Waals surface area contributed by atoms with Crippen LogP contribution in [0.15, 0.2) is 95.9 Å². The van der Waals surface area contributed by atoms with Gasteiger partial charge in [-0.3, -0.25) is 0 Å². The lowest BCUT2D eigenvalue weighted by atomic mass is 9.94. The number of nitrogens with zero attached hydrogens (tertiary/aromatic N) is 3. The van der Waals surface area contributed by atoms with E-state index in [2.05, 4.69) is 89.0 Å². The molecule has 1 amide bonds. The third kappa shape index (κ3) is 8.35. The summed E-state index contributed by atoms with van der Waals surface area (Å²) in [4.78, 5) is 18.3. The van der Waals surface area contributed by atoms with Crippen LogP contribution in [-0.4, -0.2) is 66.6 Å². The molecule has 6 heteroatoms. The highest BCUT2D eigenvalue weighted by Crippen LogP contribution is 2.28. The molecule has 1 saturated heterocycles. The molecule has 1 fully saturated rings. The lowest BCUT2D eigenvalue weighted by molar-refractivity contribution is 0.0734. The maximum Gasteiger partial charge on any atom is 0.410 e. The Morgan fingerprint density at radius 3 is 2.16 bits per heavy atom. The summed E-state index contributed by atoms with van der Waals surface area (Å²) in [7, 11) is 3.67. The third-order valence-corrected chi connectivity index (χ3v) is 8.09. The van der Waals surface area contributed by atoms with Gasteiger partial charge in [-0.2, -0.15) is 0 Å². The van der Waals surface area contributed by atoms with Gasteiger partial charge in [0.2, 0.25) is 0 Å². The molecule has 3 aromatic carbocycles. The van der Waals surface area contributed by atoms with E-state index >= 15 is 0 Å². The fourth-order valence-electron chi connectivity index (χ4n) is 5.13. The average molecular weight is 518 g/mol. The van der Waals surface area contributed by atoms with E-state index in [1.165, 1.54) is 17.6 Å². The van der Waals surface area contributed by atoms with Crippen molar-refractivity contribution in [3.63, 3.8) is 0 Å². The minimum atomic E-state index is -0.231. The summed E-state index contributed by atoms with van der Waals surface area (Å²) in [6, 6.07) is 31.9. The molecule has 37 heavy (non-hydrogen) atoms. The molecular weight excluding hydrogens is 478 g/mol. The Bertz CT molecular complexity index is 1060. The minimum Gasteiger partial charge on any atom is -0.453 e. The zero-order valence-electron chi connectivity index (χ0n) is 22.0. The van der Waals surface area contributed by atoms with Crippen molar-refractivity contribution in [3.8, 4) is 0 Å². The number of likely N-dealkylation sites (N-methyl/N-ethyl adjacent to an activating group) is 1.